The Bertz CT molecular complexity index is 587. The lowest BCUT2D eigenvalue weighted by atomic mass is 10.1. The van der Waals surface area contributed by atoms with Crippen LogP contribution in [0.1, 0.15) is 5.56 Å². The number of hydrogen-bond donors (Lipinski definition) is 2. The van der Waals surface area contributed by atoms with Crippen LogP contribution in [0.15, 0.2) is 35.1 Å². The van der Waals surface area contributed by atoms with E-state index < -0.39 is 0 Å². The van der Waals surface area contributed by atoms with E-state index in [1.165, 1.54) is 6.07 Å². The Morgan fingerprint density at radius 1 is 1.06 bits per heavy atom. The van der Waals surface area contributed by atoms with E-state index >= 15 is 0 Å². The van der Waals surface area contributed by atoms with Crippen molar-refractivity contribution in [2.24, 2.45) is 0 Å². The topological polar surface area (TPSA) is 53.1 Å². The van der Waals surface area contributed by atoms with Crippen LogP contribution in [0.2, 0.25) is 10.0 Å². The molecule has 0 spiro atoms. The summed E-state index contributed by atoms with van der Waals surface area (Å²) in [5.74, 6) is 0. The Morgan fingerprint density at radius 3 is 2.29 bits per heavy atom. The quantitative estimate of drug-likeness (QED) is 0.881. The summed E-state index contributed by atoms with van der Waals surface area (Å²) in [5, 5.41) is 10.0. The third kappa shape index (κ3) is 2.88. The van der Waals surface area contributed by atoms with Crippen molar-refractivity contribution >= 4 is 23.2 Å². The van der Waals surface area contributed by atoms with Gasteiger partial charge >= 0.3 is 0 Å². The number of nitrogens with one attached hydrogen (secondary N) is 1. The van der Waals surface area contributed by atoms with E-state index in [1.54, 1.807) is 24.3 Å². The molecule has 1 heterocycles. The van der Waals surface area contributed by atoms with Gasteiger partial charge < -0.3 is 10.1 Å². The van der Waals surface area contributed by atoms with Crippen LogP contribution in [-0.4, -0.2) is 10.1 Å². The number of aromatic nitrogens is 1. The number of aromatic amines is 1. The second kappa shape index (κ2) is 4.92. The van der Waals surface area contributed by atoms with E-state index in [9.17, 15) is 4.79 Å². The summed E-state index contributed by atoms with van der Waals surface area (Å²) in [7, 11) is 0. The fraction of sp³-hybridized carbons (Fsp3) is 0.0833. The third-order valence-electron chi connectivity index (χ3n) is 2.26. The number of halogens is 2. The van der Waals surface area contributed by atoms with Crippen LogP contribution in [0.5, 0.6) is 0 Å². The van der Waals surface area contributed by atoms with Crippen molar-refractivity contribution in [2.75, 3.05) is 0 Å². The van der Waals surface area contributed by atoms with Crippen LogP contribution >= 0.6 is 23.2 Å². The standard InChI is InChI=1S/C12H9Cl2NO2/c13-9-3-8(4-10(14)5-9)11-1-7(6-16)2-12(17)15-11/h1-5,16H,6H2,(H,15,17). The van der Waals surface area contributed by atoms with Gasteiger partial charge in [0.1, 0.15) is 0 Å². The number of rotatable bonds is 2. The van der Waals surface area contributed by atoms with Crippen molar-refractivity contribution in [3.05, 3.63) is 56.3 Å². The first kappa shape index (κ1) is 12.2. The van der Waals surface area contributed by atoms with Crippen LogP contribution < -0.4 is 5.56 Å². The number of aliphatic hydroxyl groups excluding tert-OH is 1. The van der Waals surface area contributed by atoms with E-state index in [0.717, 1.165) is 0 Å². The number of pyridine rings is 1. The highest BCUT2D eigenvalue weighted by atomic mass is 35.5. The molecule has 0 aliphatic carbocycles. The van der Waals surface area contributed by atoms with E-state index in [2.05, 4.69) is 4.98 Å². The SMILES string of the molecule is O=c1cc(CO)cc(-c2cc(Cl)cc(Cl)c2)[nH]1. The van der Waals surface area contributed by atoms with Gasteiger partial charge in [0.05, 0.1) is 6.61 Å². The molecule has 2 rings (SSSR count). The Morgan fingerprint density at radius 2 is 1.71 bits per heavy atom. The number of H-pyrrole nitrogens is 1. The van der Waals surface area contributed by atoms with Gasteiger partial charge in [-0.15, -0.1) is 0 Å². The zero-order chi connectivity index (χ0) is 12.4. The van der Waals surface area contributed by atoms with Crippen molar-refractivity contribution in [3.63, 3.8) is 0 Å². The van der Waals surface area contributed by atoms with Crippen LogP contribution in [-0.2, 0) is 6.61 Å². The second-order valence-electron chi connectivity index (χ2n) is 3.58. The van der Waals surface area contributed by atoms with Gasteiger partial charge in [0.15, 0.2) is 0 Å². The van der Waals surface area contributed by atoms with Gasteiger partial charge in [-0.25, -0.2) is 0 Å². The first-order valence-electron chi connectivity index (χ1n) is 4.89. The molecular weight excluding hydrogens is 261 g/mol. The normalized spacial score (nSPS) is 10.5. The van der Waals surface area contributed by atoms with E-state index in [4.69, 9.17) is 28.3 Å². The number of aliphatic hydroxyl groups is 1. The Hall–Kier alpha value is -1.29. The summed E-state index contributed by atoms with van der Waals surface area (Å²) in [4.78, 5) is 14.0. The van der Waals surface area contributed by atoms with Crippen molar-refractivity contribution < 1.29 is 5.11 Å². The summed E-state index contributed by atoms with van der Waals surface area (Å²) < 4.78 is 0. The zero-order valence-electron chi connectivity index (χ0n) is 8.71. The molecule has 3 nitrogen and oxygen atoms in total. The molecule has 1 aromatic heterocycles. The first-order valence-corrected chi connectivity index (χ1v) is 5.64. The maximum absolute atomic E-state index is 11.4. The molecule has 0 saturated heterocycles. The van der Waals surface area contributed by atoms with Crippen LogP contribution in [0, 0.1) is 0 Å². The molecule has 88 valence electrons. The van der Waals surface area contributed by atoms with Crippen LogP contribution in [0.4, 0.5) is 0 Å². The summed E-state index contributed by atoms with van der Waals surface area (Å²) in [6.45, 7) is -0.189. The van der Waals surface area contributed by atoms with Gasteiger partial charge in [-0.3, -0.25) is 4.79 Å². The van der Waals surface area contributed by atoms with E-state index in [0.29, 0.717) is 26.9 Å². The van der Waals surface area contributed by atoms with Crippen molar-refractivity contribution in [1.82, 2.24) is 4.98 Å². The molecule has 0 unspecified atom stereocenters. The van der Waals surface area contributed by atoms with Crippen molar-refractivity contribution in [3.8, 4) is 11.3 Å². The molecule has 17 heavy (non-hydrogen) atoms. The highest BCUT2D eigenvalue weighted by molar-refractivity contribution is 6.35. The Balaban J connectivity index is 2.59. The molecule has 2 N–H and O–H groups in total. The second-order valence-corrected chi connectivity index (χ2v) is 4.46. The van der Waals surface area contributed by atoms with Gasteiger partial charge in [0, 0.05) is 27.4 Å². The Labute approximate surface area is 108 Å². The lowest BCUT2D eigenvalue weighted by Gasteiger charge is -2.05. The van der Waals surface area contributed by atoms with Gasteiger partial charge in [0.25, 0.3) is 0 Å². The molecule has 0 bridgehead atoms. The third-order valence-corrected chi connectivity index (χ3v) is 2.70. The van der Waals surface area contributed by atoms with Gasteiger partial charge in [-0.1, -0.05) is 23.2 Å². The maximum atomic E-state index is 11.4. The first-order chi connectivity index (χ1) is 8.08. The lowest BCUT2D eigenvalue weighted by molar-refractivity contribution is 0.281. The van der Waals surface area contributed by atoms with E-state index in [-0.39, 0.29) is 12.2 Å². The summed E-state index contributed by atoms with van der Waals surface area (Å²) in [6, 6.07) is 8.03. The predicted octanol–water partition coefficient (Wildman–Crippen LogP) is 2.84. The molecule has 0 saturated carbocycles. The average molecular weight is 270 g/mol. The lowest BCUT2D eigenvalue weighted by Crippen LogP contribution is -2.07. The van der Waals surface area contributed by atoms with Gasteiger partial charge in [-0.05, 0) is 29.8 Å². The zero-order valence-corrected chi connectivity index (χ0v) is 10.2. The van der Waals surface area contributed by atoms with E-state index in [1.807, 2.05) is 0 Å². The minimum Gasteiger partial charge on any atom is -0.392 e. The molecule has 2 aromatic rings. The smallest absolute Gasteiger partial charge is 0.248 e. The highest BCUT2D eigenvalue weighted by Crippen LogP contribution is 2.25. The summed E-state index contributed by atoms with van der Waals surface area (Å²) >= 11 is 11.8. The van der Waals surface area contributed by atoms with Crippen LogP contribution in [0.3, 0.4) is 0 Å². The molecule has 0 aliphatic heterocycles. The molecule has 0 fully saturated rings. The molecule has 0 aliphatic rings. The molecule has 1 aromatic carbocycles. The molecule has 5 heteroatoms. The highest BCUT2D eigenvalue weighted by Gasteiger charge is 2.04. The minimum absolute atomic E-state index is 0.189. The average Bonchev–Trinajstić information content (AvgIpc) is 2.26. The number of hydrogen-bond acceptors (Lipinski definition) is 2. The van der Waals surface area contributed by atoms with Gasteiger partial charge in [0.2, 0.25) is 5.56 Å². The maximum Gasteiger partial charge on any atom is 0.248 e. The fourth-order valence-corrected chi connectivity index (χ4v) is 2.08. The fourth-order valence-electron chi connectivity index (χ4n) is 1.56. The molecule has 0 radical (unpaired) electrons. The molecular formula is C12H9Cl2NO2. The Kier molecular flexibility index (Phi) is 3.52. The number of benzene rings is 1. The molecule has 0 atom stereocenters. The minimum atomic E-state index is -0.275. The van der Waals surface area contributed by atoms with Crippen molar-refractivity contribution in [1.29, 1.82) is 0 Å². The molecule has 0 amide bonds. The largest absolute Gasteiger partial charge is 0.392 e. The van der Waals surface area contributed by atoms with Crippen molar-refractivity contribution in [2.45, 2.75) is 6.61 Å². The summed E-state index contributed by atoms with van der Waals surface area (Å²) in [6.07, 6.45) is 0. The van der Waals surface area contributed by atoms with Crippen LogP contribution in [0.25, 0.3) is 11.3 Å². The monoisotopic (exact) mass is 269 g/mol. The van der Waals surface area contributed by atoms with Gasteiger partial charge in [-0.2, -0.15) is 0 Å². The predicted molar refractivity (Wildman–Crippen MR) is 68.4 cm³/mol. The summed E-state index contributed by atoms with van der Waals surface area (Å²) in [5.41, 5.74) is 1.54.